The van der Waals surface area contributed by atoms with E-state index in [0.717, 1.165) is 24.2 Å². The highest BCUT2D eigenvalue weighted by atomic mass is 32.2. The monoisotopic (exact) mass is 423 g/mol. The first kappa shape index (κ1) is 20.3. The van der Waals surface area contributed by atoms with E-state index in [4.69, 9.17) is 5.10 Å². The number of para-hydroxylation sites is 1. The molecule has 7 heteroatoms. The molecule has 1 saturated carbocycles. The third-order valence-electron chi connectivity index (χ3n) is 5.36. The van der Waals surface area contributed by atoms with Crippen molar-refractivity contribution in [1.29, 1.82) is 0 Å². The van der Waals surface area contributed by atoms with Crippen LogP contribution in [0.15, 0.2) is 60.7 Å². The number of benzene rings is 2. The van der Waals surface area contributed by atoms with Gasteiger partial charge in [-0.2, -0.15) is 5.10 Å². The van der Waals surface area contributed by atoms with Gasteiger partial charge in [-0.05, 0) is 42.7 Å². The Balaban J connectivity index is 1.63. The topological polar surface area (TPSA) is 81.1 Å². The van der Waals surface area contributed by atoms with E-state index in [1.807, 2.05) is 36.4 Å². The summed E-state index contributed by atoms with van der Waals surface area (Å²) in [6.07, 6.45) is 5.83. The zero-order chi connectivity index (χ0) is 21.1. The highest BCUT2D eigenvalue weighted by Gasteiger charge is 2.23. The third-order valence-corrected chi connectivity index (χ3v) is 6.22. The minimum atomic E-state index is -3.17. The molecule has 0 saturated heterocycles. The van der Waals surface area contributed by atoms with Crippen molar-refractivity contribution in [2.45, 2.75) is 37.4 Å². The van der Waals surface area contributed by atoms with E-state index < -0.39 is 9.84 Å². The van der Waals surface area contributed by atoms with Gasteiger partial charge >= 0.3 is 0 Å². The zero-order valence-electron chi connectivity index (χ0n) is 16.9. The van der Waals surface area contributed by atoms with Gasteiger partial charge in [-0.1, -0.05) is 43.2 Å². The molecule has 1 aliphatic rings. The van der Waals surface area contributed by atoms with E-state index in [0.29, 0.717) is 22.9 Å². The molecule has 1 amide bonds. The number of aromatic nitrogens is 2. The molecule has 2 aromatic carbocycles. The third kappa shape index (κ3) is 4.79. The molecule has 0 atom stereocenters. The summed E-state index contributed by atoms with van der Waals surface area (Å²) in [4.78, 5) is 12.9. The van der Waals surface area contributed by atoms with Crippen molar-refractivity contribution >= 4 is 21.6 Å². The molecule has 1 N–H and O–H groups in total. The molecule has 1 aromatic heterocycles. The van der Waals surface area contributed by atoms with Crippen molar-refractivity contribution in [2.75, 3.05) is 11.6 Å². The molecular formula is C23H25N3O3S. The maximum Gasteiger partial charge on any atom is 0.256 e. The first-order chi connectivity index (χ1) is 14.4. The molecule has 1 aliphatic carbocycles. The molecule has 0 radical (unpaired) electrons. The molecule has 4 rings (SSSR count). The molecule has 0 bridgehead atoms. The van der Waals surface area contributed by atoms with Gasteiger partial charge in [0.15, 0.2) is 9.84 Å². The predicted molar refractivity (Wildman–Crippen MR) is 118 cm³/mol. The number of nitrogens with one attached hydrogen (secondary N) is 1. The maximum absolute atomic E-state index is 12.9. The molecule has 0 spiro atoms. The van der Waals surface area contributed by atoms with Crippen molar-refractivity contribution in [3.8, 4) is 5.69 Å². The first-order valence-electron chi connectivity index (χ1n) is 10.1. The molecule has 0 aliphatic heterocycles. The molecule has 156 valence electrons. The van der Waals surface area contributed by atoms with Crippen LogP contribution in [0.2, 0.25) is 0 Å². The Morgan fingerprint density at radius 1 is 1.07 bits per heavy atom. The van der Waals surface area contributed by atoms with E-state index >= 15 is 0 Å². The number of hydrogen-bond acceptors (Lipinski definition) is 4. The molecule has 6 nitrogen and oxygen atoms in total. The number of rotatable bonds is 6. The molecular weight excluding hydrogens is 398 g/mol. The number of amides is 1. The number of sulfone groups is 1. The van der Waals surface area contributed by atoms with Crippen LogP contribution in [-0.2, 0) is 15.6 Å². The van der Waals surface area contributed by atoms with E-state index in [2.05, 4.69) is 5.32 Å². The van der Waals surface area contributed by atoms with E-state index in [-0.39, 0.29) is 11.7 Å². The SMILES string of the molecule is CS(=O)(=O)Cc1cccc(C(=O)Nc2cc(C3CCCC3)nn2-c2ccccc2)c1. The second-order valence-corrected chi connectivity index (χ2v) is 10.0. The Kier molecular flexibility index (Phi) is 5.72. The fourth-order valence-electron chi connectivity index (χ4n) is 3.97. The van der Waals surface area contributed by atoms with Crippen molar-refractivity contribution < 1.29 is 13.2 Å². The fraction of sp³-hybridized carbons (Fsp3) is 0.304. The Hall–Kier alpha value is -2.93. The van der Waals surface area contributed by atoms with Gasteiger partial charge < -0.3 is 5.32 Å². The van der Waals surface area contributed by atoms with Gasteiger partial charge in [0.05, 0.1) is 17.1 Å². The Labute approximate surface area is 176 Å². The summed E-state index contributed by atoms with van der Waals surface area (Å²) in [6.45, 7) is 0. The molecule has 0 unspecified atom stereocenters. The number of carbonyl (C=O) groups excluding carboxylic acids is 1. The molecule has 1 fully saturated rings. The summed E-state index contributed by atoms with van der Waals surface area (Å²) in [5.74, 6) is 0.646. The van der Waals surface area contributed by atoms with Gasteiger partial charge in [0.25, 0.3) is 5.91 Å². The largest absolute Gasteiger partial charge is 0.306 e. The number of nitrogens with zero attached hydrogens (tertiary/aromatic N) is 2. The molecule has 1 heterocycles. The summed E-state index contributed by atoms with van der Waals surface area (Å²) in [5.41, 5.74) is 2.88. The number of anilines is 1. The van der Waals surface area contributed by atoms with Crippen molar-refractivity contribution in [1.82, 2.24) is 9.78 Å². The minimum Gasteiger partial charge on any atom is -0.306 e. The van der Waals surface area contributed by atoms with Crippen LogP contribution < -0.4 is 5.32 Å². The fourth-order valence-corrected chi connectivity index (χ4v) is 4.75. The van der Waals surface area contributed by atoms with Crippen molar-refractivity contribution in [3.63, 3.8) is 0 Å². The minimum absolute atomic E-state index is 0.0953. The van der Waals surface area contributed by atoms with Crippen LogP contribution in [0.5, 0.6) is 0 Å². The highest BCUT2D eigenvalue weighted by Crippen LogP contribution is 2.35. The van der Waals surface area contributed by atoms with Crippen molar-refractivity contribution in [2.24, 2.45) is 0 Å². The van der Waals surface area contributed by atoms with E-state index in [9.17, 15) is 13.2 Å². The second-order valence-electron chi connectivity index (χ2n) is 7.91. The lowest BCUT2D eigenvalue weighted by atomic mass is 10.0. The quantitative estimate of drug-likeness (QED) is 0.640. The van der Waals surface area contributed by atoms with Gasteiger partial charge in [0.1, 0.15) is 5.82 Å². The van der Waals surface area contributed by atoms with Gasteiger partial charge in [-0.15, -0.1) is 0 Å². The van der Waals surface area contributed by atoms with Gasteiger partial charge in [0.2, 0.25) is 0 Å². The van der Waals surface area contributed by atoms with Crippen LogP contribution in [0.1, 0.15) is 53.2 Å². The number of hydrogen-bond donors (Lipinski definition) is 1. The summed E-state index contributed by atoms with van der Waals surface area (Å²) in [5, 5.41) is 7.77. The van der Waals surface area contributed by atoms with Crippen LogP contribution in [0.25, 0.3) is 5.69 Å². The molecule has 30 heavy (non-hydrogen) atoms. The highest BCUT2D eigenvalue weighted by molar-refractivity contribution is 7.89. The first-order valence-corrected chi connectivity index (χ1v) is 12.2. The smallest absolute Gasteiger partial charge is 0.256 e. The Bertz CT molecular complexity index is 1150. The maximum atomic E-state index is 12.9. The Morgan fingerprint density at radius 2 is 1.80 bits per heavy atom. The normalized spacial score (nSPS) is 14.7. The Morgan fingerprint density at radius 3 is 2.50 bits per heavy atom. The van der Waals surface area contributed by atoms with Gasteiger partial charge in [-0.25, -0.2) is 13.1 Å². The second kappa shape index (κ2) is 8.44. The predicted octanol–water partition coefficient (Wildman–Crippen LogP) is 4.33. The average molecular weight is 424 g/mol. The van der Waals surface area contributed by atoms with Crippen LogP contribution in [0.3, 0.4) is 0 Å². The van der Waals surface area contributed by atoms with Crippen LogP contribution in [0, 0.1) is 0 Å². The number of carbonyl (C=O) groups is 1. The average Bonchev–Trinajstić information content (AvgIpc) is 3.37. The lowest BCUT2D eigenvalue weighted by Gasteiger charge is -2.09. The summed E-state index contributed by atoms with van der Waals surface area (Å²) >= 11 is 0. The van der Waals surface area contributed by atoms with Crippen LogP contribution in [-0.4, -0.2) is 30.4 Å². The van der Waals surface area contributed by atoms with Gasteiger partial charge in [-0.3, -0.25) is 4.79 Å². The lowest BCUT2D eigenvalue weighted by molar-refractivity contribution is 0.102. The van der Waals surface area contributed by atoms with E-state index in [1.54, 1.807) is 28.9 Å². The van der Waals surface area contributed by atoms with Crippen LogP contribution in [0.4, 0.5) is 5.82 Å². The standard InChI is InChI=1S/C23H25N3O3S/c1-30(28,29)16-17-8-7-11-19(14-17)23(27)24-22-15-21(18-9-5-6-10-18)25-26(22)20-12-3-2-4-13-20/h2-4,7-8,11-15,18H,5-6,9-10,16H2,1H3,(H,24,27). The summed E-state index contributed by atoms with van der Waals surface area (Å²) in [6, 6.07) is 18.4. The molecule has 3 aromatic rings. The van der Waals surface area contributed by atoms with E-state index in [1.165, 1.54) is 19.1 Å². The van der Waals surface area contributed by atoms with Gasteiger partial charge in [0, 0.05) is 23.8 Å². The van der Waals surface area contributed by atoms with Crippen LogP contribution >= 0.6 is 0 Å². The summed E-state index contributed by atoms with van der Waals surface area (Å²) in [7, 11) is -3.17. The summed E-state index contributed by atoms with van der Waals surface area (Å²) < 4.78 is 25.0. The van der Waals surface area contributed by atoms with Crippen molar-refractivity contribution in [3.05, 3.63) is 77.5 Å². The lowest BCUT2D eigenvalue weighted by Crippen LogP contribution is -2.15. The zero-order valence-corrected chi connectivity index (χ0v) is 17.7.